The van der Waals surface area contributed by atoms with Gasteiger partial charge in [0.15, 0.2) is 0 Å². The number of nitrogens with zero attached hydrogens (tertiary/aromatic N) is 1. The summed E-state index contributed by atoms with van der Waals surface area (Å²) < 4.78 is 0. The molecule has 0 saturated heterocycles. The summed E-state index contributed by atoms with van der Waals surface area (Å²) >= 11 is 0. The number of carbonyl (C=O) groups is 1. The van der Waals surface area contributed by atoms with Gasteiger partial charge in [0.05, 0.1) is 6.04 Å². The van der Waals surface area contributed by atoms with Crippen molar-refractivity contribution >= 4 is 6.03 Å². The van der Waals surface area contributed by atoms with Crippen LogP contribution in [0.15, 0.2) is 48.8 Å². The van der Waals surface area contributed by atoms with Gasteiger partial charge in [0, 0.05) is 18.9 Å². The molecule has 1 aromatic carbocycles. The Morgan fingerprint density at radius 1 is 1.20 bits per heavy atom. The summed E-state index contributed by atoms with van der Waals surface area (Å²) in [6, 6.07) is 11.6. The van der Waals surface area contributed by atoms with Crippen molar-refractivity contribution in [3.63, 3.8) is 0 Å². The molecule has 4 nitrogen and oxygen atoms in total. The zero-order valence-corrected chi connectivity index (χ0v) is 11.8. The number of urea groups is 1. The summed E-state index contributed by atoms with van der Waals surface area (Å²) in [5.41, 5.74) is 3.33. The first kappa shape index (κ1) is 14.1. The van der Waals surface area contributed by atoms with E-state index in [1.807, 2.05) is 50.2 Å². The fourth-order valence-electron chi connectivity index (χ4n) is 1.97. The third kappa shape index (κ3) is 3.82. The van der Waals surface area contributed by atoms with E-state index >= 15 is 0 Å². The zero-order chi connectivity index (χ0) is 14.4. The Morgan fingerprint density at radius 2 is 1.90 bits per heavy atom. The molecule has 1 atom stereocenters. The van der Waals surface area contributed by atoms with Crippen molar-refractivity contribution in [3.05, 3.63) is 65.5 Å². The molecule has 2 amide bonds. The molecule has 0 fully saturated rings. The van der Waals surface area contributed by atoms with Crippen LogP contribution < -0.4 is 10.6 Å². The van der Waals surface area contributed by atoms with Gasteiger partial charge in [0.2, 0.25) is 0 Å². The topological polar surface area (TPSA) is 54.0 Å². The minimum absolute atomic E-state index is 0.0464. The second-order valence-corrected chi connectivity index (χ2v) is 4.76. The SMILES string of the molecule is Cc1ccccc1CNC(=O)NC(C)c1ccncc1. The molecule has 1 heterocycles. The van der Waals surface area contributed by atoms with Crippen LogP contribution >= 0.6 is 0 Å². The van der Waals surface area contributed by atoms with Gasteiger partial charge in [-0.05, 0) is 42.7 Å². The molecule has 4 heteroatoms. The largest absolute Gasteiger partial charge is 0.334 e. The number of aryl methyl sites for hydroxylation is 1. The van der Waals surface area contributed by atoms with Crippen LogP contribution in [0.4, 0.5) is 4.79 Å². The lowest BCUT2D eigenvalue weighted by Gasteiger charge is -2.15. The Bertz CT molecular complexity index is 569. The molecule has 1 aromatic heterocycles. The van der Waals surface area contributed by atoms with Gasteiger partial charge in [-0.15, -0.1) is 0 Å². The van der Waals surface area contributed by atoms with Crippen LogP contribution in [0.3, 0.4) is 0 Å². The Balaban J connectivity index is 1.86. The van der Waals surface area contributed by atoms with Crippen LogP contribution in [-0.4, -0.2) is 11.0 Å². The first-order chi connectivity index (χ1) is 9.66. The number of pyridine rings is 1. The van der Waals surface area contributed by atoms with Crippen molar-refractivity contribution in [2.45, 2.75) is 26.4 Å². The van der Waals surface area contributed by atoms with Gasteiger partial charge in [0.25, 0.3) is 0 Å². The Kier molecular flexibility index (Phi) is 4.71. The van der Waals surface area contributed by atoms with Gasteiger partial charge >= 0.3 is 6.03 Å². The van der Waals surface area contributed by atoms with E-state index in [4.69, 9.17) is 0 Å². The fraction of sp³-hybridized carbons (Fsp3) is 0.250. The maximum absolute atomic E-state index is 11.9. The van der Waals surface area contributed by atoms with Crippen molar-refractivity contribution in [1.29, 1.82) is 0 Å². The third-order valence-corrected chi connectivity index (χ3v) is 3.25. The van der Waals surface area contributed by atoms with Crippen LogP contribution in [0.1, 0.15) is 29.7 Å². The van der Waals surface area contributed by atoms with Gasteiger partial charge in [-0.25, -0.2) is 4.79 Å². The average Bonchev–Trinajstić information content (AvgIpc) is 2.47. The highest BCUT2D eigenvalue weighted by atomic mass is 16.2. The summed E-state index contributed by atoms with van der Waals surface area (Å²) in [6.45, 7) is 4.51. The smallest absolute Gasteiger partial charge is 0.315 e. The average molecular weight is 269 g/mol. The molecule has 1 unspecified atom stereocenters. The minimum atomic E-state index is -0.169. The Morgan fingerprint density at radius 3 is 2.60 bits per heavy atom. The highest BCUT2D eigenvalue weighted by Gasteiger charge is 2.08. The van der Waals surface area contributed by atoms with Crippen molar-refractivity contribution in [2.24, 2.45) is 0 Å². The highest BCUT2D eigenvalue weighted by Crippen LogP contribution is 2.10. The lowest BCUT2D eigenvalue weighted by molar-refractivity contribution is 0.237. The lowest BCUT2D eigenvalue weighted by Crippen LogP contribution is -2.36. The number of nitrogens with one attached hydrogen (secondary N) is 2. The number of amides is 2. The van der Waals surface area contributed by atoms with E-state index < -0.39 is 0 Å². The number of carbonyl (C=O) groups excluding carboxylic acids is 1. The number of aromatic nitrogens is 1. The van der Waals surface area contributed by atoms with E-state index in [1.165, 1.54) is 5.56 Å². The van der Waals surface area contributed by atoms with Crippen molar-refractivity contribution in [1.82, 2.24) is 15.6 Å². The molecule has 2 aromatic rings. The molecular formula is C16H19N3O. The molecule has 0 saturated carbocycles. The summed E-state index contributed by atoms with van der Waals surface area (Å²) in [6.07, 6.45) is 3.44. The highest BCUT2D eigenvalue weighted by molar-refractivity contribution is 5.74. The van der Waals surface area contributed by atoms with E-state index in [1.54, 1.807) is 12.4 Å². The van der Waals surface area contributed by atoms with Crippen LogP contribution in [0, 0.1) is 6.92 Å². The summed E-state index contributed by atoms with van der Waals surface area (Å²) in [5.74, 6) is 0. The predicted molar refractivity (Wildman–Crippen MR) is 79.2 cm³/mol. The van der Waals surface area contributed by atoms with Crippen LogP contribution in [-0.2, 0) is 6.54 Å². The number of benzene rings is 1. The second-order valence-electron chi connectivity index (χ2n) is 4.76. The molecule has 2 rings (SSSR count). The molecule has 0 bridgehead atoms. The monoisotopic (exact) mass is 269 g/mol. The molecular weight excluding hydrogens is 250 g/mol. The van der Waals surface area contributed by atoms with Crippen molar-refractivity contribution < 1.29 is 4.79 Å². The van der Waals surface area contributed by atoms with Gasteiger partial charge in [-0.3, -0.25) is 4.98 Å². The van der Waals surface area contributed by atoms with Gasteiger partial charge < -0.3 is 10.6 Å². The Hall–Kier alpha value is -2.36. The lowest BCUT2D eigenvalue weighted by atomic mass is 10.1. The molecule has 2 N–H and O–H groups in total. The van der Waals surface area contributed by atoms with Gasteiger partial charge in [-0.1, -0.05) is 24.3 Å². The molecule has 0 spiro atoms. The van der Waals surface area contributed by atoms with Gasteiger partial charge in [-0.2, -0.15) is 0 Å². The summed E-state index contributed by atoms with van der Waals surface area (Å²) in [7, 11) is 0. The van der Waals surface area contributed by atoms with Crippen LogP contribution in [0.25, 0.3) is 0 Å². The summed E-state index contributed by atoms with van der Waals surface area (Å²) in [4.78, 5) is 15.8. The van der Waals surface area contributed by atoms with E-state index in [0.29, 0.717) is 6.54 Å². The second kappa shape index (κ2) is 6.70. The zero-order valence-electron chi connectivity index (χ0n) is 11.8. The van der Waals surface area contributed by atoms with E-state index in [-0.39, 0.29) is 12.1 Å². The maximum Gasteiger partial charge on any atom is 0.315 e. The molecule has 0 aliphatic heterocycles. The van der Waals surface area contributed by atoms with Crippen molar-refractivity contribution in [3.8, 4) is 0 Å². The number of hydrogen-bond acceptors (Lipinski definition) is 2. The molecule has 20 heavy (non-hydrogen) atoms. The third-order valence-electron chi connectivity index (χ3n) is 3.25. The minimum Gasteiger partial charge on any atom is -0.334 e. The normalized spacial score (nSPS) is 11.7. The van der Waals surface area contributed by atoms with Gasteiger partial charge in [0.1, 0.15) is 0 Å². The number of hydrogen-bond donors (Lipinski definition) is 2. The predicted octanol–water partition coefficient (Wildman–Crippen LogP) is 2.95. The quantitative estimate of drug-likeness (QED) is 0.896. The van der Waals surface area contributed by atoms with E-state index in [0.717, 1.165) is 11.1 Å². The molecule has 0 radical (unpaired) electrons. The van der Waals surface area contributed by atoms with E-state index in [9.17, 15) is 4.79 Å². The molecule has 0 aliphatic rings. The Labute approximate surface area is 119 Å². The standard InChI is InChI=1S/C16H19N3O/c1-12-5-3-4-6-15(12)11-18-16(20)19-13(2)14-7-9-17-10-8-14/h3-10,13H,11H2,1-2H3,(H2,18,19,20). The maximum atomic E-state index is 11.9. The summed E-state index contributed by atoms with van der Waals surface area (Å²) in [5, 5.41) is 5.78. The van der Waals surface area contributed by atoms with Crippen molar-refractivity contribution in [2.75, 3.05) is 0 Å². The van der Waals surface area contributed by atoms with Crippen LogP contribution in [0.2, 0.25) is 0 Å². The first-order valence-corrected chi connectivity index (χ1v) is 6.65. The molecule has 0 aliphatic carbocycles. The van der Waals surface area contributed by atoms with E-state index in [2.05, 4.69) is 15.6 Å². The van der Waals surface area contributed by atoms with Crippen LogP contribution in [0.5, 0.6) is 0 Å². The first-order valence-electron chi connectivity index (χ1n) is 6.65. The fourth-order valence-corrected chi connectivity index (χ4v) is 1.97. The number of rotatable bonds is 4. The molecule has 104 valence electrons.